The smallest absolute Gasteiger partial charge is 0.119 e. The maximum atomic E-state index is 5.76. The molecule has 19 heavy (non-hydrogen) atoms. The Labute approximate surface area is 116 Å². The molecule has 1 aromatic carbocycles. The molecule has 3 N–H and O–H groups in total. The summed E-state index contributed by atoms with van der Waals surface area (Å²) in [5.41, 5.74) is 3.70. The molecule has 1 aromatic rings. The number of nitrogens with one attached hydrogen (secondary N) is 1. The maximum Gasteiger partial charge on any atom is 0.119 e. The molecule has 0 saturated heterocycles. The van der Waals surface area contributed by atoms with Crippen LogP contribution in [0.2, 0.25) is 0 Å². The van der Waals surface area contributed by atoms with Crippen LogP contribution in [0.4, 0.5) is 0 Å². The quantitative estimate of drug-likeness (QED) is 0.614. The normalized spacial score (nSPS) is 13.6. The fraction of sp³-hybridized carbons (Fsp3) is 0.600. The van der Waals surface area contributed by atoms with Gasteiger partial charge in [-0.1, -0.05) is 12.1 Å². The van der Waals surface area contributed by atoms with Gasteiger partial charge in [0.25, 0.3) is 0 Å². The second kappa shape index (κ2) is 6.89. The van der Waals surface area contributed by atoms with E-state index in [2.05, 4.69) is 5.43 Å². The molecule has 0 heterocycles. The standard InChI is InChI=1S/C15H26N2O2/c1-11(2)19-13-8-6-12(7-9-13)14(17-16)10-18-15(3,4)5/h6-9,11,14,17H,10,16H2,1-5H3. The van der Waals surface area contributed by atoms with Crippen molar-refractivity contribution in [3.8, 4) is 5.75 Å². The van der Waals surface area contributed by atoms with E-state index in [1.165, 1.54) is 0 Å². The van der Waals surface area contributed by atoms with Crippen molar-refractivity contribution in [3.05, 3.63) is 29.8 Å². The Balaban J connectivity index is 2.66. The third-order valence-electron chi connectivity index (χ3n) is 2.54. The van der Waals surface area contributed by atoms with Gasteiger partial charge in [-0.15, -0.1) is 0 Å². The third-order valence-corrected chi connectivity index (χ3v) is 2.54. The molecule has 0 aliphatic carbocycles. The fourth-order valence-corrected chi connectivity index (χ4v) is 1.62. The maximum absolute atomic E-state index is 5.76. The summed E-state index contributed by atoms with van der Waals surface area (Å²) in [5, 5.41) is 0. The molecule has 0 saturated carbocycles. The topological polar surface area (TPSA) is 56.5 Å². The minimum atomic E-state index is -0.171. The first-order valence-electron chi connectivity index (χ1n) is 6.68. The largest absolute Gasteiger partial charge is 0.491 e. The molecule has 1 unspecified atom stereocenters. The summed E-state index contributed by atoms with van der Waals surface area (Å²) >= 11 is 0. The van der Waals surface area contributed by atoms with E-state index in [0.717, 1.165) is 11.3 Å². The number of rotatable bonds is 6. The van der Waals surface area contributed by atoms with E-state index in [1.54, 1.807) is 0 Å². The number of nitrogens with two attached hydrogens (primary N) is 1. The van der Waals surface area contributed by atoms with Crippen molar-refractivity contribution < 1.29 is 9.47 Å². The Morgan fingerprint density at radius 3 is 2.16 bits per heavy atom. The van der Waals surface area contributed by atoms with Crippen LogP contribution in [0.5, 0.6) is 5.75 Å². The number of hydrogen-bond acceptors (Lipinski definition) is 4. The summed E-state index contributed by atoms with van der Waals surface area (Å²) in [6.07, 6.45) is 0.179. The highest BCUT2D eigenvalue weighted by atomic mass is 16.5. The van der Waals surface area contributed by atoms with Gasteiger partial charge in [0, 0.05) is 0 Å². The van der Waals surface area contributed by atoms with Gasteiger partial charge in [0.05, 0.1) is 24.4 Å². The van der Waals surface area contributed by atoms with Crippen molar-refractivity contribution in [2.45, 2.75) is 52.4 Å². The van der Waals surface area contributed by atoms with Gasteiger partial charge < -0.3 is 9.47 Å². The summed E-state index contributed by atoms with van der Waals surface area (Å²) < 4.78 is 11.4. The number of hydrazine groups is 1. The summed E-state index contributed by atoms with van der Waals surface area (Å²) in [6.45, 7) is 10.6. The van der Waals surface area contributed by atoms with E-state index in [4.69, 9.17) is 15.3 Å². The van der Waals surface area contributed by atoms with E-state index >= 15 is 0 Å². The zero-order chi connectivity index (χ0) is 14.5. The van der Waals surface area contributed by atoms with Crippen LogP contribution in [0.3, 0.4) is 0 Å². The first kappa shape index (κ1) is 16.0. The highest BCUT2D eigenvalue weighted by molar-refractivity contribution is 5.29. The van der Waals surface area contributed by atoms with E-state index in [0.29, 0.717) is 6.61 Å². The Hall–Kier alpha value is -1.10. The first-order chi connectivity index (χ1) is 8.81. The Morgan fingerprint density at radius 2 is 1.74 bits per heavy atom. The fourth-order valence-electron chi connectivity index (χ4n) is 1.62. The average Bonchev–Trinajstić information content (AvgIpc) is 2.29. The van der Waals surface area contributed by atoms with Crippen LogP contribution in [-0.4, -0.2) is 18.3 Å². The van der Waals surface area contributed by atoms with Crippen molar-refractivity contribution in [2.24, 2.45) is 5.84 Å². The molecule has 0 amide bonds. The predicted molar refractivity (Wildman–Crippen MR) is 78.0 cm³/mol. The molecule has 0 aliphatic heterocycles. The lowest BCUT2D eigenvalue weighted by atomic mass is 10.1. The molecule has 4 heteroatoms. The van der Waals surface area contributed by atoms with Gasteiger partial charge in [0.1, 0.15) is 5.75 Å². The molecule has 0 aliphatic rings. The molecular formula is C15H26N2O2. The Morgan fingerprint density at radius 1 is 1.16 bits per heavy atom. The third kappa shape index (κ3) is 6.05. The van der Waals surface area contributed by atoms with E-state index in [1.807, 2.05) is 58.9 Å². The molecule has 0 bridgehead atoms. The summed E-state index contributed by atoms with van der Waals surface area (Å²) in [4.78, 5) is 0. The summed E-state index contributed by atoms with van der Waals surface area (Å²) in [5.74, 6) is 6.46. The monoisotopic (exact) mass is 266 g/mol. The van der Waals surface area contributed by atoms with Crippen LogP contribution in [-0.2, 0) is 4.74 Å². The van der Waals surface area contributed by atoms with Gasteiger partial charge >= 0.3 is 0 Å². The first-order valence-corrected chi connectivity index (χ1v) is 6.68. The van der Waals surface area contributed by atoms with Crippen LogP contribution >= 0.6 is 0 Å². The zero-order valence-corrected chi connectivity index (χ0v) is 12.6. The van der Waals surface area contributed by atoms with Gasteiger partial charge in [-0.25, -0.2) is 0 Å². The number of benzene rings is 1. The van der Waals surface area contributed by atoms with Crippen molar-refractivity contribution in [1.82, 2.24) is 5.43 Å². The summed E-state index contributed by atoms with van der Waals surface area (Å²) in [6, 6.07) is 7.91. The van der Waals surface area contributed by atoms with E-state index in [9.17, 15) is 0 Å². The van der Waals surface area contributed by atoms with Crippen LogP contribution in [0.15, 0.2) is 24.3 Å². The summed E-state index contributed by atoms with van der Waals surface area (Å²) in [7, 11) is 0. The molecule has 1 rings (SSSR count). The van der Waals surface area contributed by atoms with Gasteiger partial charge in [0.2, 0.25) is 0 Å². The molecule has 108 valence electrons. The van der Waals surface area contributed by atoms with Crippen molar-refractivity contribution >= 4 is 0 Å². The lowest BCUT2D eigenvalue weighted by Gasteiger charge is -2.24. The molecular weight excluding hydrogens is 240 g/mol. The lowest BCUT2D eigenvalue weighted by molar-refractivity contribution is -0.0148. The van der Waals surface area contributed by atoms with Crippen LogP contribution in [0.25, 0.3) is 0 Å². The zero-order valence-electron chi connectivity index (χ0n) is 12.6. The Bertz CT molecular complexity index is 369. The van der Waals surface area contributed by atoms with Gasteiger partial charge in [-0.3, -0.25) is 11.3 Å². The average molecular weight is 266 g/mol. The highest BCUT2D eigenvalue weighted by Crippen LogP contribution is 2.20. The van der Waals surface area contributed by atoms with Gasteiger partial charge in [-0.2, -0.15) is 0 Å². The number of hydrogen-bond donors (Lipinski definition) is 2. The van der Waals surface area contributed by atoms with Crippen molar-refractivity contribution in [2.75, 3.05) is 6.61 Å². The predicted octanol–water partition coefficient (Wildman–Crippen LogP) is 2.79. The van der Waals surface area contributed by atoms with E-state index in [-0.39, 0.29) is 17.7 Å². The van der Waals surface area contributed by atoms with E-state index < -0.39 is 0 Å². The van der Waals surface area contributed by atoms with Crippen molar-refractivity contribution in [3.63, 3.8) is 0 Å². The van der Waals surface area contributed by atoms with Crippen LogP contribution in [0, 0.1) is 0 Å². The minimum Gasteiger partial charge on any atom is -0.491 e. The molecule has 0 aromatic heterocycles. The van der Waals surface area contributed by atoms with Gasteiger partial charge in [0.15, 0.2) is 0 Å². The molecule has 0 radical (unpaired) electrons. The van der Waals surface area contributed by atoms with Crippen LogP contribution < -0.4 is 16.0 Å². The van der Waals surface area contributed by atoms with Gasteiger partial charge in [-0.05, 0) is 52.3 Å². The molecule has 1 atom stereocenters. The molecule has 4 nitrogen and oxygen atoms in total. The van der Waals surface area contributed by atoms with Crippen LogP contribution in [0.1, 0.15) is 46.2 Å². The molecule has 0 spiro atoms. The SMILES string of the molecule is CC(C)Oc1ccc(C(COC(C)(C)C)NN)cc1. The Kier molecular flexibility index (Phi) is 5.79. The highest BCUT2D eigenvalue weighted by Gasteiger charge is 2.16. The molecule has 0 fully saturated rings. The van der Waals surface area contributed by atoms with Crippen molar-refractivity contribution in [1.29, 1.82) is 0 Å². The second-order valence-corrected chi connectivity index (χ2v) is 5.88. The minimum absolute atomic E-state index is 0.0210. The lowest BCUT2D eigenvalue weighted by Crippen LogP contribution is -2.34. The number of ether oxygens (including phenoxy) is 2. The second-order valence-electron chi connectivity index (χ2n) is 5.88.